The van der Waals surface area contributed by atoms with Crippen molar-refractivity contribution in [1.82, 2.24) is 14.5 Å². The van der Waals surface area contributed by atoms with Gasteiger partial charge in [0.25, 0.3) is 0 Å². The molecule has 4 aromatic rings. The molecule has 1 aliphatic carbocycles. The number of aryl methyl sites for hydroxylation is 1. The SMILES string of the molecule is Cc1ccc(-n2cc(-c3ccccc3)nc2NC(=O)CN(Cc2ccccc2)C(=O)C2CCCC2)cc1. The van der Waals surface area contributed by atoms with Crippen molar-refractivity contribution in [2.24, 2.45) is 5.92 Å². The summed E-state index contributed by atoms with van der Waals surface area (Å²) in [6, 6.07) is 27.8. The highest BCUT2D eigenvalue weighted by Gasteiger charge is 2.29. The molecule has 1 N–H and O–H groups in total. The quantitative estimate of drug-likeness (QED) is 0.328. The largest absolute Gasteiger partial charge is 0.329 e. The molecule has 1 aliphatic rings. The van der Waals surface area contributed by atoms with E-state index in [4.69, 9.17) is 4.98 Å². The van der Waals surface area contributed by atoms with Gasteiger partial charge in [0.1, 0.15) is 6.54 Å². The van der Waals surface area contributed by atoms with Gasteiger partial charge < -0.3 is 4.90 Å². The summed E-state index contributed by atoms with van der Waals surface area (Å²) in [5.41, 5.74) is 4.79. The van der Waals surface area contributed by atoms with Crippen LogP contribution in [0.5, 0.6) is 0 Å². The summed E-state index contributed by atoms with van der Waals surface area (Å²) >= 11 is 0. The van der Waals surface area contributed by atoms with Crippen molar-refractivity contribution in [1.29, 1.82) is 0 Å². The Kier molecular flexibility index (Phi) is 7.45. The van der Waals surface area contributed by atoms with Gasteiger partial charge >= 0.3 is 0 Å². The number of imidazole rings is 1. The van der Waals surface area contributed by atoms with E-state index in [0.29, 0.717) is 12.5 Å². The Balaban J connectivity index is 1.40. The summed E-state index contributed by atoms with van der Waals surface area (Å²) < 4.78 is 1.89. The number of hydrogen-bond acceptors (Lipinski definition) is 3. The average molecular weight is 493 g/mol. The minimum Gasteiger partial charge on any atom is -0.329 e. The van der Waals surface area contributed by atoms with E-state index in [-0.39, 0.29) is 24.3 Å². The predicted molar refractivity (Wildman–Crippen MR) is 146 cm³/mol. The monoisotopic (exact) mass is 492 g/mol. The van der Waals surface area contributed by atoms with Crippen LogP contribution in [-0.2, 0) is 16.1 Å². The van der Waals surface area contributed by atoms with Crippen molar-refractivity contribution in [3.8, 4) is 16.9 Å². The minimum atomic E-state index is -0.263. The lowest BCUT2D eigenvalue weighted by Gasteiger charge is -2.25. The van der Waals surface area contributed by atoms with Crippen LogP contribution < -0.4 is 5.32 Å². The van der Waals surface area contributed by atoms with Gasteiger partial charge in [-0.1, -0.05) is 91.2 Å². The highest BCUT2D eigenvalue weighted by molar-refractivity contribution is 5.94. The van der Waals surface area contributed by atoms with Crippen LogP contribution in [0.2, 0.25) is 0 Å². The van der Waals surface area contributed by atoms with E-state index in [1.165, 1.54) is 0 Å². The molecule has 6 nitrogen and oxygen atoms in total. The maximum Gasteiger partial charge on any atom is 0.246 e. The number of amides is 2. The number of nitrogens with zero attached hydrogens (tertiary/aromatic N) is 3. The zero-order valence-electron chi connectivity index (χ0n) is 21.1. The summed E-state index contributed by atoms with van der Waals surface area (Å²) in [6.07, 6.45) is 5.85. The van der Waals surface area contributed by atoms with Gasteiger partial charge in [0.2, 0.25) is 17.8 Å². The van der Waals surface area contributed by atoms with E-state index in [9.17, 15) is 9.59 Å². The van der Waals surface area contributed by atoms with Gasteiger partial charge in [0, 0.05) is 29.9 Å². The second kappa shape index (κ2) is 11.2. The van der Waals surface area contributed by atoms with Gasteiger partial charge in [-0.05, 0) is 37.5 Å². The number of carbonyl (C=O) groups is 2. The number of anilines is 1. The molecule has 1 aromatic heterocycles. The molecular formula is C31H32N4O2. The lowest BCUT2D eigenvalue weighted by atomic mass is 10.1. The molecule has 2 amide bonds. The molecule has 0 radical (unpaired) electrons. The van der Waals surface area contributed by atoms with Crippen molar-refractivity contribution in [2.45, 2.75) is 39.2 Å². The van der Waals surface area contributed by atoms with Crippen LogP contribution in [0.1, 0.15) is 36.8 Å². The predicted octanol–water partition coefficient (Wildman–Crippen LogP) is 6.01. The Hall–Kier alpha value is -4.19. The van der Waals surface area contributed by atoms with Crippen LogP contribution in [0.4, 0.5) is 5.95 Å². The Morgan fingerprint density at radius 3 is 2.24 bits per heavy atom. The van der Waals surface area contributed by atoms with Crippen LogP contribution in [0.25, 0.3) is 16.9 Å². The standard InChI is InChI=1S/C31H32N4O2/c1-23-16-18-27(19-17-23)35-21-28(25-12-6-3-7-13-25)32-31(35)33-29(36)22-34(20-24-10-4-2-5-11-24)30(37)26-14-8-9-15-26/h2-7,10-13,16-19,21,26H,8-9,14-15,20,22H2,1H3,(H,32,33,36). The molecule has 5 rings (SSSR count). The number of hydrogen-bond donors (Lipinski definition) is 1. The zero-order valence-corrected chi connectivity index (χ0v) is 21.1. The molecule has 188 valence electrons. The van der Waals surface area contributed by atoms with E-state index in [0.717, 1.165) is 53.8 Å². The van der Waals surface area contributed by atoms with Crippen LogP contribution in [0.3, 0.4) is 0 Å². The fourth-order valence-corrected chi connectivity index (χ4v) is 4.90. The Bertz CT molecular complexity index is 1340. The first-order valence-corrected chi connectivity index (χ1v) is 12.9. The first-order valence-electron chi connectivity index (χ1n) is 12.9. The fourth-order valence-electron chi connectivity index (χ4n) is 4.90. The number of aromatic nitrogens is 2. The third kappa shape index (κ3) is 5.97. The van der Waals surface area contributed by atoms with E-state index >= 15 is 0 Å². The summed E-state index contributed by atoms with van der Waals surface area (Å²) in [5.74, 6) is 0.223. The molecular weight excluding hydrogens is 460 g/mol. The van der Waals surface area contributed by atoms with Crippen LogP contribution in [-0.4, -0.2) is 32.8 Å². The molecule has 1 heterocycles. The van der Waals surface area contributed by atoms with Crippen LogP contribution >= 0.6 is 0 Å². The minimum absolute atomic E-state index is 0.00394. The van der Waals surface area contributed by atoms with Crippen molar-refractivity contribution in [2.75, 3.05) is 11.9 Å². The van der Waals surface area contributed by atoms with Crippen molar-refractivity contribution in [3.05, 3.63) is 102 Å². The Labute approximate surface area is 218 Å². The summed E-state index contributed by atoms with van der Waals surface area (Å²) in [5, 5.41) is 2.99. The molecule has 1 fully saturated rings. The second-order valence-corrected chi connectivity index (χ2v) is 9.73. The maximum atomic E-state index is 13.4. The van der Waals surface area contributed by atoms with Crippen molar-refractivity contribution < 1.29 is 9.59 Å². The van der Waals surface area contributed by atoms with Crippen LogP contribution in [0, 0.1) is 12.8 Å². The van der Waals surface area contributed by atoms with Gasteiger partial charge in [0.05, 0.1) is 5.69 Å². The number of nitrogens with one attached hydrogen (secondary N) is 1. The lowest BCUT2D eigenvalue weighted by molar-refractivity contribution is -0.138. The van der Waals surface area contributed by atoms with Gasteiger partial charge in [-0.2, -0.15) is 0 Å². The molecule has 0 atom stereocenters. The van der Waals surface area contributed by atoms with Crippen LogP contribution in [0.15, 0.2) is 91.1 Å². The second-order valence-electron chi connectivity index (χ2n) is 9.73. The third-order valence-electron chi connectivity index (χ3n) is 6.91. The first-order chi connectivity index (χ1) is 18.1. The third-order valence-corrected chi connectivity index (χ3v) is 6.91. The van der Waals surface area contributed by atoms with Gasteiger partial charge in [-0.15, -0.1) is 0 Å². The molecule has 0 aliphatic heterocycles. The number of carbonyl (C=O) groups excluding carboxylic acids is 2. The number of rotatable bonds is 8. The highest BCUT2D eigenvalue weighted by Crippen LogP contribution is 2.28. The van der Waals surface area contributed by atoms with Crippen molar-refractivity contribution in [3.63, 3.8) is 0 Å². The van der Waals surface area contributed by atoms with E-state index in [1.807, 2.05) is 103 Å². The van der Waals surface area contributed by atoms with E-state index in [2.05, 4.69) is 5.32 Å². The molecule has 0 unspecified atom stereocenters. The molecule has 37 heavy (non-hydrogen) atoms. The molecule has 3 aromatic carbocycles. The zero-order chi connectivity index (χ0) is 25.6. The van der Waals surface area contributed by atoms with Crippen molar-refractivity contribution >= 4 is 17.8 Å². The summed E-state index contributed by atoms with van der Waals surface area (Å²) in [4.78, 5) is 33.2. The smallest absolute Gasteiger partial charge is 0.246 e. The van der Waals surface area contributed by atoms with E-state index < -0.39 is 0 Å². The highest BCUT2D eigenvalue weighted by atomic mass is 16.2. The molecule has 0 spiro atoms. The average Bonchev–Trinajstić information content (AvgIpc) is 3.60. The molecule has 0 bridgehead atoms. The maximum absolute atomic E-state index is 13.4. The van der Waals surface area contributed by atoms with Gasteiger partial charge in [0.15, 0.2) is 0 Å². The fraction of sp³-hybridized carbons (Fsp3) is 0.258. The Morgan fingerprint density at radius 1 is 0.919 bits per heavy atom. The molecule has 0 saturated heterocycles. The number of benzene rings is 3. The topological polar surface area (TPSA) is 67.2 Å². The summed E-state index contributed by atoms with van der Waals surface area (Å²) in [7, 11) is 0. The molecule has 6 heteroatoms. The Morgan fingerprint density at radius 2 is 1.57 bits per heavy atom. The van der Waals surface area contributed by atoms with E-state index in [1.54, 1.807) is 4.90 Å². The molecule has 1 saturated carbocycles. The first kappa shape index (κ1) is 24.5. The van der Waals surface area contributed by atoms with Gasteiger partial charge in [-0.25, -0.2) is 4.98 Å². The normalized spacial score (nSPS) is 13.4. The lowest BCUT2D eigenvalue weighted by Crippen LogP contribution is -2.40. The summed E-state index contributed by atoms with van der Waals surface area (Å²) in [6.45, 7) is 2.43. The van der Waals surface area contributed by atoms with Gasteiger partial charge in [-0.3, -0.25) is 19.5 Å².